The summed E-state index contributed by atoms with van der Waals surface area (Å²) in [5.74, 6) is 0. The fourth-order valence-electron chi connectivity index (χ4n) is 1.91. The van der Waals surface area contributed by atoms with Crippen LogP contribution in [0.2, 0.25) is 0 Å². The summed E-state index contributed by atoms with van der Waals surface area (Å²) in [5.41, 5.74) is 11.0. The smallest absolute Gasteiger partial charge is 0.118 e. The van der Waals surface area contributed by atoms with Gasteiger partial charge in [0.25, 0.3) is 0 Å². The maximum atomic E-state index is 9.47. The van der Waals surface area contributed by atoms with Gasteiger partial charge in [0.1, 0.15) is 6.23 Å². The number of nitrogens with zero attached hydrogens (tertiary/aromatic N) is 1. The monoisotopic (exact) mass is 202 g/mol. The first-order valence-corrected chi connectivity index (χ1v) is 5.34. The quantitative estimate of drug-likeness (QED) is 0.398. The van der Waals surface area contributed by atoms with E-state index in [0.717, 1.165) is 39.0 Å². The summed E-state index contributed by atoms with van der Waals surface area (Å²) in [6, 6.07) is 0.0700. The first-order valence-electron chi connectivity index (χ1n) is 5.34. The maximum Gasteiger partial charge on any atom is 0.118 e. The lowest BCUT2D eigenvalue weighted by Gasteiger charge is -2.36. The average molecular weight is 202 g/mol. The standard InChI is InChI=1S/C9H22N4O/c10-3-1-2-8(9(11)14)13-6-4-12-5-7-13/h8-9,12,14H,1-7,10-11H2. The second-order valence-electron chi connectivity index (χ2n) is 3.77. The Morgan fingerprint density at radius 2 is 2.00 bits per heavy atom. The minimum atomic E-state index is -0.750. The lowest BCUT2D eigenvalue weighted by Crippen LogP contribution is -2.54. The molecule has 0 aromatic heterocycles. The van der Waals surface area contributed by atoms with Crippen molar-refractivity contribution in [3.05, 3.63) is 0 Å². The molecule has 84 valence electrons. The van der Waals surface area contributed by atoms with Crippen molar-refractivity contribution >= 4 is 0 Å². The third-order valence-electron chi connectivity index (χ3n) is 2.72. The van der Waals surface area contributed by atoms with E-state index < -0.39 is 6.23 Å². The molecule has 2 unspecified atom stereocenters. The molecule has 1 fully saturated rings. The normalized spacial score (nSPS) is 23.4. The molecule has 1 aliphatic heterocycles. The second kappa shape index (κ2) is 6.31. The molecule has 0 aromatic carbocycles. The molecule has 0 bridgehead atoms. The molecule has 5 nitrogen and oxygen atoms in total. The predicted molar refractivity (Wildman–Crippen MR) is 56.7 cm³/mol. The van der Waals surface area contributed by atoms with Gasteiger partial charge in [0.15, 0.2) is 0 Å². The van der Waals surface area contributed by atoms with Crippen LogP contribution in [-0.4, -0.2) is 55.0 Å². The molecule has 1 aliphatic rings. The summed E-state index contributed by atoms with van der Waals surface area (Å²) in [4.78, 5) is 2.25. The Balaban J connectivity index is 2.39. The number of hydrogen-bond acceptors (Lipinski definition) is 5. The van der Waals surface area contributed by atoms with Crippen LogP contribution in [0.1, 0.15) is 12.8 Å². The molecular weight excluding hydrogens is 180 g/mol. The van der Waals surface area contributed by atoms with Crippen molar-refractivity contribution in [2.24, 2.45) is 11.5 Å². The summed E-state index contributed by atoms with van der Waals surface area (Å²) in [5, 5.41) is 12.7. The van der Waals surface area contributed by atoms with Crippen molar-refractivity contribution in [1.29, 1.82) is 0 Å². The van der Waals surface area contributed by atoms with E-state index in [9.17, 15) is 5.11 Å². The Morgan fingerprint density at radius 1 is 1.36 bits per heavy atom. The summed E-state index contributed by atoms with van der Waals surface area (Å²) >= 11 is 0. The van der Waals surface area contributed by atoms with E-state index >= 15 is 0 Å². The van der Waals surface area contributed by atoms with E-state index in [0.29, 0.717) is 6.54 Å². The SMILES string of the molecule is NCCCC(C(N)O)N1CCNCC1. The number of aliphatic hydroxyl groups is 1. The van der Waals surface area contributed by atoms with Gasteiger partial charge in [-0.3, -0.25) is 4.90 Å². The number of nitrogens with two attached hydrogens (primary N) is 2. The Hall–Kier alpha value is -0.200. The van der Waals surface area contributed by atoms with Crippen molar-refractivity contribution in [2.75, 3.05) is 32.7 Å². The Bertz CT molecular complexity index is 148. The zero-order valence-electron chi connectivity index (χ0n) is 8.65. The third kappa shape index (κ3) is 3.51. The highest BCUT2D eigenvalue weighted by Crippen LogP contribution is 2.09. The van der Waals surface area contributed by atoms with E-state index in [1.54, 1.807) is 0 Å². The number of piperazine rings is 1. The molecule has 1 rings (SSSR count). The number of aliphatic hydroxyl groups excluding tert-OH is 1. The van der Waals surface area contributed by atoms with E-state index in [2.05, 4.69) is 10.2 Å². The maximum absolute atomic E-state index is 9.47. The van der Waals surface area contributed by atoms with Crippen LogP contribution in [0.4, 0.5) is 0 Å². The van der Waals surface area contributed by atoms with E-state index in [4.69, 9.17) is 11.5 Å². The van der Waals surface area contributed by atoms with Crippen LogP contribution < -0.4 is 16.8 Å². The van der Waals surface area contributed by atoms with Crippen LogP contribution in [0, 0.1) is 0 Å². The Morgan fingerprint density at radius 3 is 2.50 bits per heavy atom. The van der Waals surface area contributed by atoms with Gasteiger partial charge in [-0.1, -0.05) is 0 Å². The largest absolute Gasteiger partial charge is 0.377 e. The molecule has 1 heterocycles. The van der Waals surface area contributed by atoms with E-state index in [-0.39, 0.29) is 6.04 Å². The molecule has 14 heavy (non-hydrogen) atoms. The summed E-state index contributed by atoms with van der Waals surface area (Å²) in [6.45, 7) is 4.54. The minimum Gasteiger partial charge on any atom is -0.377 e. The van der Waals surface area contributed by atoms with Crippen molar-refractivity contribution < 1.29 is 5.11 Å². The predicted octanol–water partition coefficient (Wildman–Crippen LogP) is -1.72. The van der Waals surface area contributed by atoms with E-state index in [1.165, 1.54) is 0 Å². The number of rotatable bonds is 5. The fourth-order valence-corrected chi connectivity index (χ4v) is 1.91. The first-order chi connectivity index (χ1) is 6.75. The minimum absolute atomic E-state index is 0.0700. The summed E-state index contributed by atoms with van der Waals surface area (Å²) in [6.07, 6.45) is 1.05. The average Bonchev–Trinajstić information content (AvgIpc) is 2.19. The molecule has 0 amide bonds. The number of nitrogens with one attached hydrogen (secondary N) is 1. The van der Waals surface area contributed by atoms with Crippen molar-refractivity contribution in [3.63, 3.8) is 0 Å². The van der Waals surface area contributed by atoms with Crippen molar-refractivity contribution in [2.45, 2.75) is 25.1 Å². The highest BCUT2D eigenvalue weighted by molar-refractivity contribution is 4.79. The molecule has 0 aliphatic carbocycles. The third-order valence-corrected chi connectivity index (χ3v) is 2.72. The molecule has 5 heteroatoms. The molecule has 6 N–H and O–H groups in total. The topological polar surface area (TPSA) is 87.5 Å². The van der Waals surface area contributed by atoms with Crippen LogP contribution in [-0.2, 0) is 0 Å². The lowest BCUT2D eigenvalue weighted by molar-refractivity contribution is 0.0405. The zero-order chi connectivity index (χ0) is 10.4. The Labute approximate surface area is 85.4 Å². The fraction of sp³-hybridized carbons (Fsp3) is 1.00. The van der Waals surface area contributed by atoms with Crippen LogP contribution >= 0.6 is 0 Å². The highest BCUT2D eigenvalue weighted by Gasteiger charge is 2.23. The highest BCUT2D eigenvalue weighted by atomic mass is 16.3. The molecule has 2 atom stereocenters. The second-order valence-corrected chi connectivity index (χ2v) is 3.77. The van der Waals surface area contributed by atoms with Gasteiger partial charge in [-0.25, -0.2) is 0 Å². The molecule has 1 saturated heterocycles. The molecule has 0 spiro atoms. The zero-order valence-corrected chi connectivity index (χ0v) is 8.65. The van der Waals surface area contributed by atoms with Gasteiger partial charge in [-0.15, -0.1) is 0 Å². The van der Waals surface area contributed by atoms with Crippen LogP contribution in [0.3, 0.4) is 0 Å². The first kappa shape index (κ1) is 11.9. The Kier molecular flexibility index (Phi) is 5.36. The van der Waals surface area contributed by atoms with Gasteiger partial charge >= 0.3 is 0 Å². The van der Waals surface area contributed by atoms with Gasteiger partial charge in [-0.2, -0.15) is 0 Å². The van der Waals surface area contributed by atoms with Crippen LogP contribution in [0.25, 0.3) is 0 Å². The van der Waals surface area contributed by atoms with Gasteiger partial charge in [-0.05, 0) is 19.4 Å². The van der Waals surface area contributed by atoms with Crippen molar-refractivity contribution in [1.82, 2.24) is 10.2 Å². The van der Waals surface area contributed by atoms with Crippen molar-refractivity contribution in [3.8, 4) is 0 Å². The summed E-state index contributed by atoms with van der Waals surface area (Å²) < 4.78 is 0. The number of hydrogen-bond donors (Lipinski definition) is 4. The van der Waals surface area contributed by atoms with Gasteiger partial charge in [0.2, 0.25) is 0 Å². The summed E-state index contributed by atoms with van der Waals surface area (Å²) in [7, 11) is 0. The van der Waals surface area contributed by atoms with Gasteiger partial charge in [0, 0.05) is 32.2 Å². The molecule has 0 radical (unpaired) electrons. The lowest BCUT2D eigenvalue weighted by atomic mass is 10.1. The molecular formula is C9H22N4O. The van der Waals surface area contributed by atoms with Crippen LogP contribution in [0.5, 0.6) is 0 Å². The molecule has 0 aromatic rings. The van der Waals surface area contributed by atoms with Gasteiger partial charge < -0.3 is 21.9 Å². The molecule has 0 saturated carbocycles. The van der Waals surface area contributed by atoms with Gasteiger partial charge in [0.05, 0.1) is 0 Å². The van der Waals surface area contributed by atoms with Crippen LogP contribution in [0.15, 0.2) is 0 Å². The van der Waals surface area contributed by atoms with E-state index in [1.807, 2.05) is 0 Å².